The maximum atomic E-state index is 12.4. The van der Waals surface area contributed by atoms with Crippen LogP contribution in [0.4, 0.5) is 11.5 Å². The van der Waals surface area contributed by atoms with E-state index in [2.05, 4.69) is 15.7 Å². The van der Waals surface area contributed by atoms with Gasteiger partial charge in [0.05, 0.1) is 11.3 Å². The standard InChI is InChI=1S/C15H20N4O/c1-5-16-13-8-10(2)6-7-12(13)15(20)17-14-9-11(3)18-19(14)4/h6-9,16H,5H2,1-4H3,(H,17,20). The van der Waals surface area contributed by atoms with E-state index in [0.29, 0.717) is 11.4 Å². The Bertz CT molecular complexity index is 631. The van der Waals surface area contributed by atoms with E-state index in [4.69, 9.17) is 0 Å². The van der Waals surface area contributed by atoms with Crippen LogP contribution in [0.1, 0.15) is 28.5 Å². The fourth-order valence-electron chi connectivity index (χ4n) is 2.10. The van der Waals surface area contributed by atoms with Crippen LogP contribution in [-0.4, -0.2) is 22.2 Å². The molecule has 0 bridgehead atoms. The molecule has 5 nitrogen and oxygen atoms in total. The fraction of sp³-hybridized carbons (Fsp3) is 0.333. The number of nitrogens with zero attached hydrogens (tertiary/aromatic N) is 2. The van der Waals surface area contributed by atoms with Gasteiger partial charge in [-0.25, -0.2) is 0 Å². The van der Waals surface area contributed by atoms with Gasteiger partial charge in [0, 0.05) is 25.3 Å². The van der Waals surface area contributed by atoms with Gasteiger partial charge in [0.1, 0.15) is 5.82 Å². The molecule has 1 aromatic carbocycles. The monoisotopic (exact) mass is 272 g/mol. The molecule has 5 heteroatoms. The van der Waals surface area contributed by atoms with Crippen molar-refractivity contribution in [3.05, 3.63) is 41.1 Å². The summed E-state index contributed by atoms with van der Waals surface area (Å²) in [6.45, 7) is 6.68. The largest absolute Gasteiger partial charge is 0.385 e. The van der Waals surface area contributed by atoms with Crippen LogP contribution in [0.5, 0.6) is 0 Å². The number of anilines is 2. The minimum Gasteiger partial charge on any atom is -0.385 e. The van der Waals surface area contributed by atoms with Crippen molar-refractivity contribution in [2.75, 3.05) is 17.2 Å². The van der Waals surface area contributed by atoms with Crippen LogP contribution < -0.4 is 10.6 Å². The summed E-state index contributed by atoms with van der Waals surface area (Å²) in [5, 5.41) is 10.3. The van der Waals surface area contributed by atoms with E-state index in [0.717, 1.165) is 23.5 Å². The molecule has 1 aromatic heterocycles. The molecule has 106 valence electrons. The summed E-state index contributed by atoms with van der Waals surface area (Å²) in [6.07, 6.45) is 0. The number of aryl methyl sites for hydroxylation is 3. The number of rotatable bonds is 4. The zero-order valence-electron chi connectivity index (χ0n) is 12.3. The van der Waals surface area contributed by atoms with Crippen LogP contribution in [0.2, 0.25) is 0 Å². The van der Waals surface area contributed by atoms with Crippen molar-refractivity contribution in [2.24, 2.45) is 7.05 Å². The van der Waals surface area contributed by atoms with Gasteiger partial charge in [-0.2, -0.15) is 5.10 Å². The molecule has 0 aliphatic carbocycles. The number of hydrogen-bond donors (Lipinski definition) is 2. The highest BCUT2D eigenvalue weighted by Gasteiger charge is 2.13. The number of benzene rings is 1. The lowest BCUT2D eigenvalue weighted by atomic mass is 10.1. The Morgan fingerprint density at radius 3 is 2.65 bits per heavy atom. The van der Waals surface area contributed by atoms with Gasteiger partial charge in [0.15, 0.2) is 0 Å². The van der Waals surface area contributed by atoms with Crippen molar-refractivity contribution in [1.82, 2.24) is 9.78 Å². The predicted molar refractivity (Wildman–Crippen MR) is 81.2 cm³/mol. The molecule has 0 aliphatic heterocycles. The first kappa shape index (κ1) is 14.1. The summed E-state index contributed by atoms with van der Waals surface area (Å²) >= 11 is 0. The minimum absolute atomic E-state index is 0.135. The lowest BCUT2D eigenvalue weighted by Crippen LogP contribution is -2.16. The summed E-state index contributed by atoms with van der Waals surface area (Å²) < 4.78 is 1.66. The van der Waals surface area contributed by atoms with E-state index in [1.807, 2.05) is 52.1 Å². The zero-order chi connectivity index (χ0) is 14.7. The average molecular weight is 272 g/mol. The molecule has 0 fully saturated rings. The van der Waals surface area contributed by atoms with Gasteiger partial charge in [-0.1, -0.05) is 6.07 Å². The second-order valence-corrected chi connectivity index (χ2v) is 4.83. The van der Waals surface area contributed by atoms with Crippen molar-refractivity contribution in [1.29, 1.82) is 0 Å². The Balaban J connectivity index is 2.27. The number of amides is 1. The summed E-state index contributed by atoms with van der Waals surface area (Å²) in [4.78, 5) is 12.4. The normalized spacial score (nSPS) is 10.4. The lowest BCUT2D eigenvalue weighted by Gasteiger charge is -2.12. The van der Waals surface area contributed by atoms with Crippen LogP contribution in [0.25, 0.3) is 0 Å². The van der Waals surface area contributed by atoms with Crippen molar-refractivity contribution < 1.29 is 4.79 Å². The predicted octanol–water partition coefficient (Wildman–Crippen LogP) is 2.72. The Morgan fingerprint density at radius 1 is 1.30 bits per heavy atom. The van der Waals surface area contributed by atoms with Gasteiger partial charge in [0.2, 0.25) is 0 Å². The van der Waals surface area contributed by atoms with Gasteiger partial charge in [-0.3, -0.25) is 9.48 Å². The smallest absolute Gasteiger partial charge is 0.258 e. The lowest BCUT2D eigenvalue weighted by molar-refractivity contribution is 0.102. The molecular weight excluding hydrogens is 252 g/mol. The molecule has 0 radical (unpaired) electrons. The number of nitrogens with one attached hydrogen (secondary N) is 2. The summed E-state index contributed by atoms with van der Waals surface area (Å²) in [5.41, 5.74) is 3.48. The van der Waals surface area contributed by atoms with E-state index in [1.165, 1.54) is 0 Å². The molecule has 0 saturated heterocycles. The molecule has 0 aliphatic rings. The first-order chi connectivity index (χ1) is 9.51. The third-order valence-electron chi connectivity index (χ3n) is 3.03. The molecular formula is C15H20N4O. The fourth-order valence-corrected chi connectivity index (χ4v) is 2.10. The Morgan fingerprint density at radius 2 is 2.05 bits per heavy atom. The van der Waals surface area contributed by atoms with E-state index in [9.17, 15) is 4.79 Å². The molecule has 0 atom stereocenters. The Labute approximate surface area is 119 Å². The quantitative estimate of drug-likeness (QED) is 0.899. The number of aromatic nitrogens is 2. The molecule has 2 N–H and O–H groups in total. The van der Waals surface area contributed by atoms with E-state index in [1.54, 1.807) is 4.68 Å². The van der Waals surface area contributed by atoms with Gasteiger partial charge in [-0.05, 0) is 38.5 Å². The summed E-state index contributed by atoms with van der Waals surface area (Å²) in [7, 11) is 1.81. The van der Waals surface area contributed by atoms with Crippen LogP contribution >= 0.6 is 0 Å². The Kier molecular flexibility index (Phi) is 4.08. The topological polar surface area (TPSA) is 59.0 Å². The SMILES string of the molecule is CCNc1cc(C)ccc1C(=O)Nc1cc(C)nn1C. The Hall–Kier alpha value is -2.30. The molecule has 0 saturated carbocycles. The first-order valence-corrected chi connectivity index (χ1v) is 6.67. The highest BCUT2D eigenvalue weighted by atomic mass is 16.1. The highest BCUT2D eigenvalue weighted by molar-refractivity contribution is 6.07. The van der Waals surface area contributed by atoms with Crippen LogP contribution in [0.3, 0.4) is 0 Å². The van der Waals surface area contributed by atoms with Crippen molar-refractivity contribution in [2.45, 2.75) is 20.8 Å². The number of hydrogen-bond acceptors (Lipinski definition) is 3. The van der Waals surface area contributed by atoms with Gasteiger partial charge >= 0.3 is 0 Å². The molecule has 0 unspecified atom stereocenters. The molecule has 0 spiro atoms. The van der Waals surface area contributed by atoms with Crippen LogP contribution in [0.15, 0.2) is 24.3 Å². The highest BCUT2D eigenvalue weighted by Crippen LogP contribution is 2.19. The number of carbonyl (C=O) groups is 1. The maximum Gasteiger partial charge on any atom is 0.258 e. The van der Waals surface area contributed by atoms with Crippen LogP contribution in [-0.2, 0) is 7.05 Å². The van der Waals surface area contributed by atoms with Gasteiger partial charge in [-0.15, -0.1) is 0 Å². The zero-order valence-corrected chi connectivity index (χ0v) is 12.3. The van der Waals surface area contributed by atoms with E-state index < -0.39 is 0 Å². The van der Waals surface area contributed by atoms with Crippen molar-refractivity contribution in [3.63, 3.8) is 0 Å². The second kappa shape index (κ2) is 5.77. The molecule has 1 amide bonds. The van der Waals surface area contributed by atoms with Crippen molar-refractivity contribution in [3.8, 4) is 0 Å². The second-order valence-electron chi connectivity index (χ2n) is 4.83. The maximum absolute atomic E-state index is 12.4. The van der Waals surface area contributed by atoms with Crippen LogP contribution in [0, 0.1) is 13.8 Å². The molecule has 2 rings (SSSR count). The minimum atomic E-state index is -0.135. The molecule has 20 heavy (non-hydrogen) atoms. The summed E-state index contributed by atoms with van der Waals surface area (Å²) in [5.74, 6) is 0.555. The van der Waals surface area contributed by atoms with Gasteiger partial charge < -0.3 is 10.6 Å². The molecule has 2 aromatic rings. The van der Waals surface area contributed by atoms with E-state index >= 15 is 0 Å². The third-order valence-corrected chi connectivity index (χ3v) is 3.03. The molecule has 1 heterocycles. The third kappa shape index (κ3) is 2.99. The average Bonchev–Trinajstić information content (AvgIpc) is 2.68. The van der Waals surface area contributed by atoms with Gasteiger partial charge in [0.25, 0.3) is 5.91 Å². The number of carbonyl (C=O) groups excluding carboxylic acids is 1. The van der Waals surface area contributed by atoms with Crippen molar-refractivity contribution >= 4 is 17.4 Å². The first-order valence-electron chi connectivity index (χ1n) is 6.67. The van der Waals surface area contributed by atoms with E-state index in [-0.39, 0.29) is 5.91 Å². The summed E-state index contributed by atoms with van der Waals surface area (Å²) in [6, 6.07) is 7.60.